The van der Waals surface area contributed by atoms with Crippen LogP contribution in [0.3, 0.4) is 0 Å². The fourth-order valence-electron chi connectivity index (χ4n) is 2.54. The molecule has 0 bridgehead atoms. The van der Waals surface area contributed by atoms with E-state index in [4.69, 9.17) is 4.74 Å². The van der Waals surface area contributed by atoms with Gasteiger partial charge < -0.3 is 14.7 Å². The average Bonchev–Trinajstić information content (AvgIpc) is 2.40. The number of aliphatic hydroxyl groups excluding tert-OH is 1. The molecule has 0 amide bonds. The van der Waals surface area contributed by atoms with Gasteiger partial charge in [-0.05, 0) is 60.3 Å². The van der Waals surface area contributed by atoms with Gasteiger partial charge in [-0.2, -0.15) is 0 Å². The summed E-state index contributed by atoms with van der Waals surface area (Å²) in [6.07, 6.45) is 2.16. The zero-order chi connectivity index (χ0) is 13.8. The Kier molecular flexibility index (Phi) is 5.25. The molecule has 0 spiro atoms. The van der Waals surface area contributed by atoms with Crippen molar-refractivity contribution in [1.82, 2.24) is 0 Å². The highest BCUT2D eigenvalue weighted by Crippen LogP contribution is 2.31. The minimum Gasteiger partial charge on any atom is -0.389 e. The quantitative estimate of drug-likeness (QED) is 0.918. The number of nitrogens with zero attached hydrogens (tertiary/aromatic N) is 1. The fraction of sp³-hybridized carbons (Fsp3) is 0.600. The zero-order valence-electron chi connectivity index (χ0n) is 11.6. The summed E-state index contributed by atoms with van der Waals surface area (Å²) < 4.78 is 6.73. The van der Waals surface area contributed by atoms with Gasteiger partial charge in [-0.25, -0.2) is 0 Å². The number of ether oxygens (including phenoxy) is 1. The van der Waals surface area contributed by atoms with E-state index in [1.165, 1.54) is 5.69 Å². The van der Waals surface area contributed by atoms with Crippen molar-refractivity contribution in [3.63, 3.8) is 0 Å². The molecule has 1 heterocycles. The summed E-state index contributed by atoms with van der Waals surface area (Å²) in [4.78, 5) is 2.38. The highest BCUT2D eigenvalue weighted by molar-refractivity contribution is 9.10. The minimum absolute atomic E-state index is 0.414. The first-order valence-electron chi connectivity index (χ1n) is 6.96. The molecular formula is C15H22BrNO2. The number of piperidine rings is 1. The molecule has 0 saturated carbocycles. The van der Waals surface area contributed by atoms with Gasteiger partial charge in [0.1, 0.15) is 0 Å². The summed E-state index contributed by atoms with van der Waals surface area (Å²) in [6, 6.07) is 6.10. The molecule has 1 aromatic carbocycles. The van der Waals surface area contributed by atoms with Crippen LogP contribution < -0.4 is 4.90 Å². The molecular weight excluding hydrogens is 306 g/mol. The van der Waals surface area contributed by atoms with E-state index in [2.05, 4.69) is 33.8 Å². The van der Waals surface area contributed by atoms with E-state index in [-0.39, 0.29) is 0 Å². The van der Waals surface area contributed by atoms with Gasteiger partial charge in [0, 0.05) is 24.2 Å². The maximum Gasteiger partial charge on any atom is 0.0762 e. The molecule has 4 heteroatoms. The SMILES string of the molecule is CCOC1CCN(c2ccc([C@@H](C)O)cc2Br)CC1. The minimum atomic E-state index is -0.422. The van der Waals surface area contributed by atoms with Crippen molar-refractivity contribution in [2.24, 2.45) is 0 Å². The number of rotatable bonds is 4. The van der Waals surface area contributed by atoms with Crippen LogP contribution in [0.25, 0.3) is 0 Å². The van der Waals surface area contributed by atoms with E-state index in [1.54, 1.807) is 6.92 Å². The van der Waals surface area contributed by atoms with Gasteiger partial charge in [-0.15, -0.1) is 0 Å². The summed E-state index contributed by atoms with van der Waals surface area (Å²) in [5.74, 6) is 0. The van der Waals surface area contributed by atoms with Gasteiger partial charge in [0.25, 0.3) is 0 Å². The van der Waals surface area contributed by atoms with Crippen LogP contribution in [0.1, 0.15) is 38.4 Å². The maximum atomic E-state index is 9.59. The van der Waals surface area contributed by atoms with Crippen LogP contribution >= 0.6 is 15.9 Å². The summed E-state index contributed by atoms with van der Waals surface area (Å²) in [5, 5.41) is 9.59. The topological polar surface area (TPSA) is 32.7 Å². The molecule has 1 fully saturated rings. The molecule has 3 nitrogen and oxygen atoms in total. The van der Waals surface area contributed by atoms with Crippen LogP contribution in [-0.2, 0) is 4.74 Å². The van der Waals surface area contributed by atoms with Crippen LogP contribution in [-0.4, -0.2) is 30.9 Å². The molecule has 1 atom stereocenters. The van der Waals surface area contributed by atoms with Crippen molar-refractivity contribution in [2.75, 3.05) is 24.6 Å². The van der Waals surface area contributed by atoms with Gasteiger partial charge in [0.05, 0.1) is 17.9 Å². The van der Waals surface area contributed by atoms with Gasteiger partial charge in [0.2, 0.25) is 0 Å². The Labute approximate surface area is 123 Å². The first-order chi connectivity index (χ1) is 9.11. The van der Waals surface area contributed by atoms with Crippen LogP contribution in [0.2, 0.25) is 0 Å². The van der Waals surface area contributed by atoms with Crippen LogP contribution in [0, 0.1) is 0 Å². The monoisotopic (exact) mass is 327 g/mol. The predicted octanol–water partition coefficient (Wildman–Crippen LogP) is 3.51. The maximum absolute atomic E-state index is 9.59. The van der Waals surface area contributed by atoms with Gasteiger partial charge >= 0.3 is 0 Å². The van der Waals surface area contributed by atoms with Crippen molar-refractivity contribution in [3.05, 3.63) is 28.2 Å². The molecule has 2 rings (SSSR count). The molecule has 19 heavy (non-hydrogen) atoms. The van der Waals surface area contributed by atoms with Crippen LogP contribution in [0.5, 0.6) is 0 Å². The normalized spacial score (nSPS) is 18.6. The lowest BCUT2D eigenvalue weighted by Crippen LogP contribution is -2.37. The van der Waals surface area contributed by atoms with E-state index in [0.29, 0.717) is 6.10 Å². The summed E-state index contributed by atoms with van der Waals surface area (Å²) >= 11 is 3.61. The third kappa shape index (κ3) is 3.71. The number of anilines is 1. The Bertz CT molecular complexity index is 415. The Morgan fingerprint density at radius 3 is 2.63 bits per heavy atom. The summed E-state index contributed by atoms with van der Waals surface area (Å²) in [5.41, 5.74) is 2.15. The van der Waals surface area contributed by atoms with E-state index in [9.17, 15) is 5.11 Å². The smallest absolute Gasteiger partial charge is 0.0762 e. The lowest BCUT2D eigenvalue weighted by molar-refractivity contribution is 0.0459. The lowest BCUT2D eigenvalue weighted by atomic mass is 10.1. The average molecular weight is 328 g/mol. The lowest BCUT2D eigenvalue weighted by Gasteiger charge is -2.34. The Morgan fingerprint density at radius 1 is 1.42 bits per heavy atom. The first-order valence-corrected chi connectivity index (χ1v) is 7.75. The molecule has 1 N–H and O–H groups in total. The highest BCUT2D eigenvalue weighted by atomic mass is 79.9. The number of aliphatic hydroxyl groups is 1. The number of hydrogen-bond donors (Lipinski definition) is 1. The third-order valence-corrected chi connectivity index (χ3v) is 4.27. The Hall–Kier alpha value is -0.580. The first kappa shape index (κ1) is 14.8. The van der Waals surface area contributed by atoms with Gasteiger partial charge in [0.15, 0.2) is 0 Å². The van der Waals surface area contributed by atoms with Crippen molar-refractivity contribution >= 4 is 21.6 Å². The molecule has 106 valence electrons. The second-order valence-electron chi connectivity index (χ2n) is 5.03. The van der Waals surface area contributed by atoms with E-state index in [0.717, 1.165) is 42.6 Å². The van der Waals surface area contributed by atoms with Crippen molar-refractivity contribution in [2.45, 2.75) is 38.9 Å². The molecule has 0 aromatic heterocycles. The second-order valence-corrected chi connectivity index (χ2v) is 5.88. The van der Waals surface area contributed by atoms with Crippen molar-refractivity contribution in [1.29, 1.82) is 0 Å². The van der Waals surface area contributed by atoms with E-state index in [1.807, 2.05) is 12.1 Å². The van der Waals surface area contributed by atoms with E-state index >= 15 is 0 Å². The molecule has 1 aromatic rings. The standard InChI is InChI=1S/C15H22BrNO2/c1-3-19-13-6-8-17(9-7-13)15-5-4-12(11(2)18)10-14(15)16/h4-5,10-11,13,18H,3,6-9H2,1-2H3/t11-/m1/s1. The molecule has 1 aliphatic heterocycles. The number of halogens is 1. The summed E-state index contributed by atoms with van der Waals surface area (Å²) in [6.45, 7) is 6.69. The number of hydrogen-bond acceptors (Lipinski definition) is 3. The van der Waals surface area contributed by atoms with Gasteiger partial charge in [-0.3, -0.25) is 0 Å². The zero-order valence-corrected chi connectivity index (χ0v) is 13.2. The van der Waals surface area contributed by atoms with Crippen LogP contribution in [0.4, 0.5) is 5.69 Å². The largest absolute Gasteiger partial charge is 0.389 e. The Balaban J connectivity index is 2.03. The molecule has 0 radical (unpaired) electrons. The highest BCUT2D eigenvalue weighted by Gasteiger charge is 2.21. The van der Waals surface area contributed by atoms with Crippen LogP contribution in [0.15, 0.2) is 22.7 Å². The molecule has 0 unspecified atom stereocenters. The van der Waals surface area contributed by atoms with Gasteiger partial charge in [-0.1, -0.05) is 6.07 Å². The molecule has 0 aliphatic carbocycles. The molecule has 1 saturated heterocycles. The third-order valence-electron chi connectivity index (χ3n) is 3.64. The predicted molar refractivity (Wildman–Crippen MR) is 81.6 cm³/mol. The van der Waals surface area contributed by atoms with E-state index < -0.39 is 6.10 Å². The second kappa shape index (κ2) is 6.73. The number of benzene rings is 1. The Morgan fingerprint density at radius 2 is 2.11 bits per heavy atom. The summed E-state index contributed by atoms with van der Waals surface area (Å²) in [7, 11) is 0. The molecule has 1 aliphatic rings. The fourth-order valence-corrected chi connectivity index (χ4v) is 3.19. The van der Waals surface area contributed by atoms with Crippen molar-refractivity contribution < 1.29 is 9.84 Å². The van der Waals surface area contributed by atoms with Crippen molar-refractivity contribution in [3.8, 4) is 0 Å².